The lowest BCUT2D eigenvalue weighted by atomic mass is 9.89. The molecule has 1 fully saturated rings. The third-order valence-corrected chi connectivity index (χ3v) is 3.41. The van der Waals surface area contributed by atoms with Crippen LogP contribution in [0.3, 0.4) is 0 Å². The summed E-state index contributed by atoms with van der Waals surface area (Å²) in [6.45, 7) is 0.117. The van der Waals surface area contributed by atoms with Crippen LogP contribution in [0.2, 0.25) is 5.15 Å². The number of hydrogen-bond acceptors (Lipinski definition) is 2. The van der Waals surface area contributed by atoms with Crippen molar-refractivity contribution in [1.29, 1.82) is 0 Å². The molecule has 0 bridgehead atoms. The van der Waals surface area contributed by atoms with Crippen molar-refractivity contribution in [1.82, 2.24) is 9.97 Å². The lowest BCUT2D eigenvalue weighted by Crippen LogP contribution is -2.06. The molecule has 84 valence electrons. The lowest BCUT2D eigenvalue weighted by molar-refractivity contribution is 0.298. The predicted molar refractivity (Wildman–Crippen MR) is 60.2 cm³/mol. The van der Waals surface area contributed by atoms with E-state index in [9.17, 15) is 0 Å². The highest BCUT2D eigenvalue weighted by molar-refractivity contribution is 6.30. The maximum atomic E-state index is 8.86. The maximum Gasteiger partial charge on any atom is 0.150 e. The molecule has 0 aliphatic heterocycles. The molecule has 3 nitrogen and oxygen atoms in total. The van der Waals surface area contributed by atoms with Crippen molar-refractivity contribution in [2.75, 3.05) is 6.61 Å². The van der Waals surface area contributed by atoms with Gasteiger partial charge in [-0.2, -0.15) is 0 Å². The predicted octanol–water partition coefficient (Wildman–Crippen LogP) is 2.65. The fourth-order valence-electron chi connectivity index (χ4n) is 2.25. The summed E-state index contributed by atoms with van der Waals surface area (Å²) in [7, 11) is 0. The normalized spacial score (nSPS) is 18.3. The molecule has 15 heavy (non-hydrogen) atoms. The third kappa shape index (κ3) is 2.52. The second kappa shape index (κ2) is 4.99. The van der Waals surface area contributed by atoms with Gasteiger partial charge in [0.1, 0.15) is 11.0 Å². The molecule has 1 aliphatic carbocycles. The molecule has 1 aliphatic rings. The number of imidazole rings is 1. The number of H-pyrrole nitrogens is 1. The van der Waals surface area contributed by atoms with Gasteiger partial charge in [0.05, 0.1) is 5.69 Å². The van der Waals surface area contributed by atoms with E-state index in [-0.39, 0.29) is 6.61 Å². The monoisotopic (exact) mass is 228 g/mol. The summed E-state index contributed by atoms with van der Waals surface area (Å²) in [6.07, 6.45) is 6.91. The number of aliphatic hydroxyl groups is 1. The first kappa shape index (κ1) is 11.0. The SMILES string of the molecule is OCCc1[nH]c(C2CCCCC2)nc1Cl. The van der Waals surface area contributed by atoms with Gasteiger partial charge >= 0.3 is 0 Å². The first-order chi connectivity index (χ1) is 7.31. The van der Waals surface area contributed by atoms with E-state index in [1.807, 2.05) is 0 Å². The molecule has 1 aromatic heterocycles. The van der Waals surface area contributed by atoms with Gasteiger partial charge in [0, 0.05) is 18.9 Å². The van der Waals surface area contributed by atoms with E-state index in [4.69, 9.17) is 16.7 Å². The van der Waals surface area contributed by atoms with E-state index in [1.54, 1.807) is 0 Å². The second-order valence-corrected chi connectivity index (χ2v) is 4.56. The van der Waals surface area contributed by atoms with Crippen molar-refractivity contribution in [3.8, 4) is 0 Å². The van der Waals surface area contributed by atoms with Crippen LogP contribution in [0.4, 0.5) is 0 Å². The number of nitrogens with one attached hydrogen (secondary N) is 1. The van der Waals surface area contributed by atoms with E-state index < -0.39 is 0 Å². The van der Waals surface area contributed by atoms with Gasteiger partial charge in [0.2, 0.25) is 0 Å². The first-order valence-corrected chi connectivity index (χ1v) is 6.04. The molecule has 4 heteroatoms. The number of aliphatic hydroxyl groups excluding tert-OH is 1. The van der Waals surface area contributed by atoms with Gasteiger partial charge in [-0.15, -0.1) is 0 Å². The van der Waals surface area contributed by atoms with Gasteiger partial charge in [-0.05, 0) is 12.8 Å². The van der Waals surface area contributed by atoms with Gasteiger partial charge in [-0.3, -0.25) is 0 Å². The molecule has 0 unspecified atom stereocenters. The summed E-state index contributed by atoms with van der Waals surface area (Å²) in [4.78, 5) is 7.60. The smallest absolute Gasteiger partial charge is 0.150 e. The molecule has 0 amide bonds. The number of hydrogen-bond donors (Lipinski definition) is 2. The Bertz CT molecular complexity index is 318. The zero-order valence-corrected chi connectivity index (χ0v) is 9.56. The van der Waals surface area contributed by atoms with Crippen molar-refractivity contribution < 1.29 is 5.11 Å². The van der Waals surface area contributed by atoms with Crippen molar-refractivity contribution in [2.24, 2.45) is 0 Å². The van der Waals surface area contributed by atoms with Crippen LogP contribution in [0.1, 0.15) is 49.5 Å². The van der Waals surface area contributed by atoms with Gasteiger partial charge in [-0.25, -0.2) is 4.98 Å². The standard InChI is InChI=1S/C11H17ClN2O/c12-10-9(6-7-15)13-11(14-10)8-4-2-1-3-5-8/h8,15H,1-7H2,(H,13,14). The fraction of sp³-hybridized carbons (Fsp3) is 0.727. The van der Waals surface area contributed by atoms with Crippen LogP contribution < -0.4 is 0 Å². The highest BCUT2D eigenvalue weighted by Gasteiger charge is 2.19. The zero-order chi connectivity index (χ0) is 10.7. The molecule has 1 heterocycles. The van der Waals surface area contributed by atoms with Crippen LogP contribution in [0.25, 0.3) is 0 Å². The molecule has 2 rings (SSSR count). The van der Waals surface area contributed by atoms with Crippen LogP contribution in [-0.2, 0) is 6.42 Å². The molecule has 0 saturated heterocycles. The van der Waals surface area contributed by atoms with Crippen molar-refractivity contribution >= 4 is 11.6 Å². The van der Waals surface area contributed by atoms with Crippen molar-refractivity contribution in [2.45, 2.75) is 44.4 Å². The first-order valence-electron chi connectivity index (χ1n) is 5.66. The fourth-order valence-corrected chi connectivity index (χ4v) is 2.49. The molecule has 1 saturated carbocycles. The average Bonchev–Trinajstić information content (AvgIpc) is 2.63. The topological polar surface area (TPSA) is 48.9 Å². The van der Waals surface area contributed by atoms with Crippen molar-refractivity contribution in [3.63, 3.8) is 0 Å². The molecular formula is C11H17ClN2O. The number of nitrogens with zero attached hydrogens (tertiary/aromatic N) is 1. The Balaban J connectivity index is 2.10. The van der Waals surface area contributed by atoms with Crippen LogP contribution in [-0.4, -0.2) is 21.7 Å². The number of halogens is 1. The van der Waals surface area contributed by atoms with Gasteiger partial charge in [0.25, 0.3) is 0 Å². The summed E-state index contributed by atoms with van der Waals surface area (Å²) < 4.78 is 0. The van der Waals surface area contributed by atoms with E-state index in [2.05, 4.69) is 9.97 Å². The number of aromatic nitrogens is 2. The molecular weight excluding hydrogens is 212 g/mol. The van der Waals surface area contributed by atoms with Crippen LogP contribution >= 0.6 is 11.6 Å². The quantitative estimate of drug-likeness (QED) is 0.836. The largest absolute Gasteiger partial charge is 0.396 e. The van der Waals surface area contributed by atoms with E-state index in [1.165, 1.54) is 32.1 Å². The van der Waals surface area contributed by atoms with Gasteiger partial charge in [0.15, 0.2) is 0 Å². The Labute approximate surface area is 94.9 Å². The Morgan fingerprint density at radius 2 is 2.07 bits per heavy atom. The molecule has 2 N–H and O–H groups in total. The molecule has 0 aromatic carbocycles. The molecule has 0 spiro atoms. The molecule has 0 radical (unpaired) electrons. The summed E-state index contributed by atoms with van der Waals surface area (Å²) in [5, 5.41) is 9.39. The minimum Gasteiger partial charge on any atom is -0.396 e. The highest BCUT2D eigenvalue weighted by atomic mass is 35.5. The molecule has 0 atom stereocenters. The van der Waals surface area contributed by atoms with Gasteiger partial charge in [-0.1, -0.05) is 30.9 Å². The lowest BCUT2D eigenvalue weighted by Gasteiger charge is -2.19. The number of rotatable bonds is 3. The summed E-state index contributed by atoms with van der Waals surface area (Å²) in [5.74, 6) is 1.56. The van der Waals surface area contributed by atoms with Crippen LogP contribution in [0.15, 0.2) is 0 Å². The number of aromatic amines is 1. The van der Waals surface area contributed by atoms with Gasteiger partial charge < -0.3 is 10.1 Å². The van der Waals surface area contributed by atoms with E-state index in [0.717, 1.165) is 11.5 Å². The minimum absolute atomic E-state index is 0.117. The van der Waals surface area contributed by atoms with E-state index >= 15 is 0 Å². The summed E-state index contributed by atoms with van der Waals surface area (Å²) in [6, 6.07) is 0. The third-order valence-electron chi connectivity index (χ3n) is 3.10. The summed E-state index contributed by atoms with van der Waals surface area (Å²) in [5.41, 5.74) is 0.875. The van der Waals surface area contributed by atoms with Crippen LogP contribution in [0, 0.1) is 0 Å². The highest BCUT2D eigenvalue weighted by Crippen LogP contribution is 2.32. The summed E-state index contributed by atoms with van der Waals surface area (Å²) >= 11 is 5.99. The molecule has 1 aromatic rings. The Hall–Kier alpha value is -0.540. The van der Waals surface area contributed by atoms with Crippen molar-refractivity contribution in [3.05, 3.63) is 16.7 Å². The zero-order valence-electron chi connectivity index (χ0n) is 8.80. The van der Waals surface area contributed by atoms with Crippen LogP contribution in [0.5, 0.6) is 0 Å². The average molecular weight is 229 g/mol. The Morgan fingerprint density at radius 1 is 1.33 bits per heavy atom. The Morgan fingerprint density at radius 3 is 2.73 bits per heavy atom. The maximum absolute atomic E-state index is 8.86. The minimum atomic E-state index is 0.117. The Kier molecular flexibility index (Phi) is 3.65. The second-order valence-electron chi connectivity index (χ2n) is 4.20. The van der Waals surface area contributed by atoms with E-state index in [0.29, 0.717) is 17.5 Å².